The molecule has 28 heavy (non-hydrogen) atoms. The van der Waals surface area contributed by atoms with Gasteiger partial charge in [0.1, 0.15) is 0 Å². The Hall–Kier alpha value is -1.61. The van der Waals surface area contributed by atoms with E-state index in [2.05, 4.69) is 15.9 Å². The van der Waals surface area contributed by atoms with E-state index in [4.69, 9.17) is 18.4 Å². The minimum absolute atomic E-state index is 0.120. The Kier molecular flexibility index (Phi) is 8.30. The van der Waals surface area contributed by atoms with E-state index in [1.54, 1.807) is 33.3 Å². The predicted octanol–water partition coefficient (Wildman–Crippen LogP) is 4.41. The van der Waals surface area contributed by atoms with E-state index in [-0.39, 0.29) is 10.8 Å². The minimum atomic E-state index is -3.82. The molecule has 8 heteroatoms. The van der Waals surface area contributed by atoms with Crippen molar-refractivity contribution in [2.75, 3.05) is 20.8 Å². The number of hydrogen-bond donors (Lipinski definition) is 0. The van der Waals surface area contributed by atoms with Crippen LogP contribution in [0.2, 0.25) is 0 Å². The molecule has 2 rings (SSSR count). The maximum atomic E-state index is 12.4. The zero-order valence-electron chi connectivity index (χ0n) is 16.3. The van der Waals surface area contributed by atoms with Gasteiger partial charge < -0.3 is 14.2 Å². The SMILES string of the molecule is COc1ccc(COC[C@@H](C)C(C)OS(=O)(=O)c2ccc(Br)cc2)cc1OC. The summed E-state index contributed by atoms with van der Waals surface area (Å²) in [6.07, 6.45) is -0.529. The molecule has 0 aromatic heterocycles. The Morgan fingerprint density at radius 3 is 2.21 bits per heavy atom. The van der Waals surface area contributed by atoms with Gasteiger partial charge in [0.2, 0.25) is 0 Å². The molecule has 0 saturated carbocycles. The summed E-state index contributed by atoms with van der Waals surface area (Å²) in [4.78, 5) is 0.126. The lowest BCUT2D eigenvalue weighted by Gasteiger charge is -2.20. The molecule has 0 aliphatic carbocycles. The first-order valence-corrected chi connectivity index (χ1v) is 10.9. The fourth-order valence-corrected chi connectivity index (χ4v) is 3.85. The third kappa shape index (κ3) is 6.20. The second-order valence-electron chi connectivity index (χ2n) is 6.39. The molecule has 0 radical (unpaired) electrons. The molecule has 0 fully saturated rings. The summed E-state index contributed by atoms with van der Waals surface area (Å²) in [6, 6.07) is 11.9. The number of hydrogen-bond acceptors (Lipinski definition) is 6. The van der Waals surface area contributed by atoms with Crippen molar-refractivity contribution in [1.29, 1.82) is 0 Å². The number of rotatable bonds is 10. The van der Waals surface area contributed by atoms with Crippen LogP contribution in [0.1, 0.15) is 19.4 Å². The molecule has 0 saturated heterocycles. The molecule has 2 atom stereocenters. The van der Waals surface area contributed by atoms with Crippen LogP contribution in [0.5, 0.6) is 11.5 Å². The second kappa shape index (κ2) is 10.2. The van der Waals surface area contributed by atoms with Gasteiger partial charge in [0.25, 0.3) is 10.1 Å². The standard InChI is InChI=1S/C20H25BrO6S/c1-14(12-26-13-16-5-10-19(24-3)20(11-16)25-4)15(2)27-28(22,23)18-8-6-17(21)7-9-18/h5-11,14-15H,12-13H2,1-4H3/t14-,15?/m1/s1. The van der Waals surface area contributed by atoms with Crippen molar-refractivity contribution >= 4 is 26.0 Å². The van der Waals surface area contributed by atoms with E-state index < -0.39 is 16.2 Å². The summed E-state index contributed by atoms with van der Waals surface area (Å²) in [5, 5.41) is 0. The van der Waals surface area contributed by atoms with E-state index in [1.165, 1.54) is 12.1 Å². The Morgan fingerprint density at radius 2 is 1.61 bits per heavy atom. The zero-order chi connectivity index (χ0) is 20.7. The van der Waals surface area contributed by atoms with E-state index in [1.807, 2.05) is 25.1 Å². The molecule has 0 aliphatic rings. The first-order chi connectivity index (χ1) is 13.3. The normalized spacial score (nSPS) is 13.8. The smallest absolute Gasteiger partial charge is 0.297 e. The van der Waals surface area contributed by atoms with E-state index in [0.29, 0.717) is 24.7 Å². The molecule has 2 aromatic rings. The molecular formula is C20H25BrO6S. The summed E-state index contributed by atoms with van der Waals surface area (Å²) in [7, 11) is -0.660. The van der Waals surface area contributed by atoms with Crippen LogP contribution in [-0.2, 0) is 25.6 Å². The van der Waals surface area contributed by atoms with Crippen LogP contribution < -0.4 is 9.47 Å². The molecule has 154 valence electrons. The molecule has 0 amide bonds. The van der Waals surface area contributed by atoms with Crippen LogP contribution in [0.25, 0.3) is 0 Å². The van der Waals surface area contributed by atoms with Gasteiger partial charge in [-0.1, -0.05) is 28.9 Å². The van der Waals surface area contributed by atoms with Gasteiger partial charge in [0, 0.05) is 10.4 Å². The van der Waals surface area contributed by atoms with Crippen molar-refractivity contribution in [2.45, 2.75) is 31.5 Å². The number of benzene rings is 2. The van der Waals surface area contributed by atoms with Crippen LogP contribution in [0.4, 0.5) is 0 Å². The fourth-order valence-electron chi connectivity index (χ4n) is 2.42. The first kappa shape index (κ1) is 22.7. The molecule has 0 bridgehead atoms. The first-order valence-electron chi connectivity index (χ1n) is 8.74. The van der Waals surface area contributed by atoms with Crippen LogP contribution in [0.15, 0.2) is 51.8 Å². The molecule has 0 heterocycles. The highest BCUT2D eigenvalue weighted by Crippen LogP contribution is 2.28. The molecule has 0 N–H and O–H groups in total. The summed E-state index contributed by atoms with van der Waals surface area (Å²) in [5.74, 6) is 1.17. The molecular weight excluding hydrogens is 448 g/mol. The van der Waals surface area contributed by atoms with E-state index >= 15 is 0 Å². The van der Waals surface area contributed by atoms with Gasteiger partial charge in [-0.25, -0.2) is 0 Å². The summed E-state index contributed by atoms with van der Waals surface area (Å²) in [6.45, 7) is 4.33. The molecule has 0 aliphatic heterocycles. The Balaban J connectivity index is 1.88. The van der Waals surface area contributed by atoms with E-state index in [9.17, 15) is 8.42 Å². The van der Waals surface area contributed by atoms with Crippen molar-refractivity contribution < 1.29 is 26.8 Å². The Morgan fingerprint density at radius 1 is 0.964 bits per heavy atom. The zero-order valence-corrected chi connectivity index (χ0v) is 18.7. The van der Waals surface area contributed by atoms with Crippen LogP contribution >= 0.6 is 15.9 Å². The van der Waals surface area contributed by atoms with Gasteiger partial charge in [-0.3, -0.25) is 4.18 Å². The maximum absolute atomic E-state index is 12.4. The Bertz CT molecular complexity index is 867. The Labute approximate surface area is 175 Å². The largest absolute Gasteiger partial charge is 0.493 e. The average Bonchev–Trinajstić information content (AvgIpc) is 2.67. The monoisotopic (exact) mass is 472 g/mol. The average molecular weight is 473 g/mol. The molecule has 1 unspecified atom stereocenters. The van der Waals surface area contributed by atoms with Gasteiger partial charge in [0.05, 0.1) is 38.4 Å². The van der Waals surface area contributed by atoms with E-state index in [0.717, 1.165) is 10.0 Å². The van der Waals surface area contributed by atoms with Gasteiger partial charge in [-0.15, -0.1) is 0 Å². The van der Waals surface area contributed by atoms with Gasteiger partial charge in [-0.2, -0.15) is 8.42 Å². The fraction of sp³-hybridized carbons (Fsp3) is 0.400. The quantitative estimate of drug-likeness (QED) is 0.476. The molecule has 6 nitrogen and oxygen atoms in total. The lowest BCUT2D eigenvalue weighted by Crippen LogP contribution is -2.25. The lowest BCUT2D eigenvalue weighted by atomic mass is 10.1. The second-order valence-corrected chi connectivity index (χ2v) is 8.88. The highest BCUT2D eigenvalue weighted by atomic mass is 79.9. The number of ether oxygens (including phenoxy) is 3. The number of halogens is 1. The van der Waals surface area contributed by atoms with Crippen LogP contribution in [0, 0.1) is 5.92 Å². The van der Waals surface area contributed by atoms with Crippen LogP contribution in [-0.4, -0.2) is 35.3 Å². The van der Waals surface area contributed by atoms with Crippen molar-refractivity contribution in [3.8, 4) is 11.5 Å². The maximum Gasteiger partial charge on any atom is 0.297 e. The van der Waals surface area contributed by atoms with Crippen molar-refractivity contribution in [3.05, 3.63) is 52.5 Å². The van der Waals surface area contributed by atoms with Gasteiger partial charge in [-0.05, 0) is 48.9 Å². The lowest BCUT2D eigenvalue weighted by molar-refractivity contribution is 0.0486. The highest BCUT2D eigenvalue weighted by molar-refractivity contribution is 9.10. The third-order valence-electron chi connectivity index (χ3n) is 4.28. The summed E-state index contributed by atoms with van der Waals surface area (Å²) < 4.78 is 47.1. The van der Waals surface area contributed by atoms with Crippen molar-refractivity contribution in [3.63, 3.8) is 0 Å². The molecule has 0 spiro atoms. The highest BCUT2D eigenvalue weighted by Gasteiger charge is 2.23. The van der Waals surface area contributed by atoms with Gasteiger partial charge in [0.15, 0.2) is 11.5 Å². The topological polar surface area (TPSA) is 71.1 Å². The number of methoxy groups -OCH3 is 2. The summed E-state index contributed by atoms with van der Waals surface area (Å²) >= 11 is 3.28. The van der Waals surface area contributed by atoms with Crippen LogP contribution in [0.3, 0.4) is 0 Å². The van der Waals surface area contributed by atoms with Crippen molar-refractivity contribution in [2.24, 2.45) is 5.92 Å². The predicted molar refractivity (Wildman–Crippen MR) is 110 cm³/mol. The van der Waals surface area contributed by atoms with Crippen molar-refractivity contribution in [1.82, 2.24) is 0 Å². The van der Waals surface area contributed by atoms with Gasteiger partial charge >= 0.3 is 0 Å². The third-order valence-corrected chi connectivity index (χ3v) is 6.21. The molecule has 2 aromatic carbocycles. The minimum Gasteiger partial charge on any atom is -0.493 e. The summed E-state index contributed by atoms with van der Waals surface area (Å²) in [5.41, 5.74) is 0.931.